The summed E-state index contributed by atoms with van der Waals surface area (Å²) in [5, 5.41) is 3.65. The van der Waals surface area contributed by atoms with Gasteiger partial charge < -0.3 is 19.3 Å². The molecular weight excluding hydrogens is 513 g/mol. The number of amides is 1. The van der Waals surface area contributed by atoms with Crippen LogP contribution in [0.5, 0.6) is 6.01 Å². The summed E-state index contributed by atoms with van der Waals surface area (Å²) in [5.41, 5.74) is 0.499. The van der Waals surface area contributed by atoms with Crippen LogP contribution in [0, 0.1) is 13.8 Å². The van der Waals surface area contributed by atoms with E-state index < -0.39 is 11.2 Å². The van der Waals surface area contributed by atoms with Crippen molar-refractivity contribution in [3.63, 3.8) is 0 Å². The first kappa shape index (κ1) is 25.3. The Balaban J connectivity index is 1.34. The summed E-state index contributed by atoms with van der Waals surface area (Å²) in [5.74, 6) is 1.11. The number of alkyl halides is 3. The minimum atomic E-state index is -4.59. The average molecular weight is 539 g/mol. The Morgan fingerprint density at radius 1 is 1.19 bits per heavy atom. The Bertz CT molecular complexity index is 1280. The van der Waals surface area contributed by atoms with Crippen molar-refractivity contribution in [3.8, 4) is 17.3 Å². The minimum Gasteiger partial charge on any atom is -0.455 e. The molecular formula is C22H25F3N8O3S. The Morgan fingerprint density at radius 3 is 2.49 bits per heavy atom. The van der Waals surface area contributed by atoms with Crippen LogP contribution in [0.15, 0.2) is 12.4 Å². The molecule has 1 amide bonds. The van der Waals surface area contributed by atoms with Crippen LogP contribution in [0.1, 0.15) is 23.6 Å². The van der Waals surface area contributed by atoms with Crippen molar-refractivity contribution in [2.45, 2.75) is 45.6 Å². The second-order valence-electron chi connectivity index (χ2n) is 8.95. The molecule has 0 spiro atoms. The fourth-order valence-electron chi connectivity index (χ4n) is 4.21. The van der Waals surface area contributed by atoms with Gasteiger partial charge in [-0.3, -0.25) is 4.79 Å². The van der Waals surface area contributed by atoms with Crippen LogP contribution in [0.4, 0.5) is 18.2 Å². The number of carbonyl (C=O) groups is 1. The average Bonchev–Trinajstić information content (AvgIpc) is 3.40. The number of halogens is 3. The molecule has 3 aromatic heterocycles. The summed E-state index contributed by atoms with van der Waals surface area (Å²) >= 11 is 0.575. The molecule has 0 radical (unpaired) electrons. The second kappa shape index (κ2) is 9.85. The Morgan fingerprint density at radius 2 is 1.92 bits per heavy atom. The van der Waals surface area contributed by atoms with E-state index in [2.05, 4.69) is 25.0 Å². The first-order valence-electron chi connectivity index (χ1n) is 11.7. The van der Waals surface area contributed by atoms with Crippen molar-refractivity contribution in [3.05, 3.63) is 29.1 Å². The third-order valence-corrected chi connectivity index (χ3v) is 7.28. The third-order valence-electron chi connectivity index (χ3n) is 6.12. The van der Waals surface area contributed by atoms with Crippen LogP contribution in [-0.4, -0.2) is 85.5 Å². The zero-order chi connectivity index (χ0) is 26.3. The molecule has 1 atom stereocenters. The fourth-order valence-corrected chi connectivity index (χ4v) is 5.20. The van der Waals surface area contributed by atoms with Gasteiger partial charge in [-0.15, -0.1) is 0 Å². The predicted molar refractivity (Wildman–Crippen MR) is 126 cm³/mol. The van der Waals surface area contributed by atoms with Crippen LogP contribution in [0.2, 0.25) is 0 Å². The van der Waals surface area contributed by atoms with E-state index in [4.69, 9.17) is 9.47 Å². The molecule has 0 saturated carbocycles. The number of piperazine rings is 1. The number of ether oxygens (including phenoxy) is 2. The number of hydrogen-bond donors (Lipinski definition) is 0. The molecule has 3 aromatic rings. The maximum absolute atomic E-state index is 13.6. The summed E-state index contributed by atoms with van der Waals surface area (Å²) in [6.45, 7) is 7.39. The lowest BCUT2D eigenvalue weighted by molar-refractivity contribution is -0.137. The molecule has 198 valence electrons. The van der Waals surface area contributed by atoms with Crippen LogP contribution >= 0.6 is 11.3 Å². The van der Waals surface area contributed by atoms with Gasteiger partial charge in [0.25, 0.3) is 0 Å². The number of thiazole rings is 1. The van der Waals surface area contributed by atoms with Crippen LogP contribution in [0.25, 0.3) is 11.3 Å². The molecule has 5 heterocycles. The number of aryl methyl sites for hydroxylation is 2. The summed E-state index contributed by atoms with van der Waals surface area (Å²) in [7, 11) is 0. The molecule has 0 N–H and O–H groups in total. The maximum atomic E-state index is 13.6. The van der Waals surface area contributed by atoms with Crippen molar-refractivity contribution >= 4 is 22.2 Å². The van der Waals surface area contributed by atoms with E-state index in [1.54, 1.807) is 23.4 Å². The first-order chi connectivity index (χ1) is 17.6. The van der Waals surface area contributed by atoms with E-state index in [1.807, 2.05) is 11.8 Å². The van der Waals surface area contributed by atoms with Crippen molar-refractivity contribution in [1.82, 2.24) is 34.6 Å². The maximum Gasteiger partial charge on any atom is 0.443 e. The van der Waals surface area contributed by atoms with Crippen LogP contribution < -0.4 is 9.64 Å². The molecule has 37 heavy (non-hydrogen) atoms. The van der Waals surface area contributed by atoms with Gasteiger partial charge in [-0.05, 0) is 20.8 Å². The monoisotopic (exact) mass is 538 g/mol. The predicted octanol–water partition coefficient (Wildman–Crippen LogP) is 2.34. The number of rotatable bonds is 6. The number of aromatic nitrogens is 6. The minimum absolute atomic E-state index is 0.0553. The normalized spacial score (nSPS) is 18.7. The van der Waals surface area contributed by atoms with Crippen LogP contribution in [-0.2, 0) is 22.3 Å². The molecule has 2 aliphatic rings. The zero-order valence-electron chi connectivity index (χ0n) is 20.4. The molecule has 2 aliphatic heterocycles. The number of anilines is 1. The van der Waals surface area contributed by atoms with Crippen molar-refractivity contribution in [1.29, 1.82) is 0 Å². The standard InChI is InChI=1S/C22H25F3N8O3S/c1-12-8-31(4-5-32(12)17(34)9-33-14(3)28-13(2)30-33)19-18(29-20(37-19)22(23,24)25)15-6-26-21(27-7-15)36-16-10-35-11-16/h6-7,12,16H,4-5,8-11H2,1-3H3. The van der Waals surface area contributed by atoms with Gasteiger partial charge in [0.05, 0.1) is 13.2 Å². The molecule has 0 aromatic carbocycles. The van der Waals surface area contributed by atoms with E-state index in [1.165, 1.54) is 12.4 Å². The Hall–Kier alpha value is -3.33. The van der Waals surface area contributed by atoms with E-state index >= 15 is 0 Å². The van der Waals surface area contributed by atoms with E-state index in [0.717, 1.165) is 0 Å². The quantitative estimate of drug-likeness (QED) is 0.467. The number of carbonyl (C=O) groups excluding carboxylic acids is 1. The summed E-state index contributed by atoms with van der Waals surface area (Å²) in [6, 6.07) is -0.115. The van der Waals surface area contributed by atoms with Gasteiger partial charge in [0.15, 0.2) is 0 Å². The molecule has 11 nitrogen and oxygen atoms in total. The highest BCUT2D eigenvalue weighted by molar-refractivity contribution is 7.16. The second-order valence-corrected chi connectivity index (χ2v) is 9.93. The highest BCUT2D eigenvalue weighted by atomic mass is 32.1. The first-order valence-corrected chi connectivity index (χ1v) is 12.5. The smallest absolute Gasteiger partial charge is 0.443 e. The highest BCUT2D eigenvalue weighted by Crippen LogP contribution is 2.43. The molecule has 2 fully saturated rings. The van der Waals surface area contributed by atoms with Crippen LogP contribution in [0.3, 0.4) is 0 Å². The van der Waals surface area contributed by atoms with Gasteiger partial charge in [0.2, 0.25) is 10.9 Å². The van der Waals surface area contributed by atoms with Crippen molar-refractivity contribution < 1.29 is 27.4 Å². The SMILES string of the molecule is Cc1nc(C)n(CC(=O)N2CCN(c3sc(C(F)(F)F)nc3-c3cnc(OC4COC4)nc3)CC2C)n1. The van der Waals surface area contributed by atoms with Gasteiger partial charge in [0.1, 0.15) is 35.0 Å². The van der Waals surface area contributed by atoms with E-state index in [9.17, 15) is 18.0 Å². The summed E-state index contributed by atoms with van der Waals surface area (Å²) < 4.78 is 53.0. The summed E-state index contributed by atoms with van der Waals surface area (Å²) in [4.78, 5) is 32.9. The topological polar surface area (TPSA) is 111 Å². The van der Waals surface area contributed by atoms with Gasteiger partial charge >= 0.3 is 12.2 Å². The largest absolute Gasteiger partial charge is 0.455 e. The molecule has 15 heteroatoms. The summed E-state index contributed by atoms with van der Waals surface area (Å²) in [6.07, 6.45) is -1.91. The number of nitrogens with zero attached hydrogens (tertiary/aromatic N) is 8. The highest BCUT2D eigenvalue weighted by Gasteiger charge is 2.38. The molecule has 2 saturated heterocycles. The fraction of sp³-hybridized carbons (Fsp3) is 0.545. The lowest BCUT2D eigenvalue weighted by Crippen LogP contribution is -2.54. The molecule has 0 bridgehead atoms. The molecule has 0 aliphatic carbocycles. The lowest BCUT2D eigenvalue weighted by atomic mass is 10.1. The van der Waals surface area contributed by atoms with E-state index in [0.29, 0.717) is 66.4 Å². The Labute approximate surface area is 214 Å². The third kappa shape index (κ3) is 5.37. The lowest BCUT2D eigenvalue weighted by Gasteiger charge is -2.40. The molecule has 1 unspecified atom stereocenters. The van der Waals surface area contributed by atoms with E-state index in [-0.39, 0.29) is 36.3 Å². The van der Waals surface area contributed by atoms with Gasteiger partial charge in [-0.1, -0.05) is 11.3 Å². The number of hydrogen-bond acceptors (Lipinski definition) is 10. The van der Waals surface area contributed by atoms with Crippen molar-refractivity contribution in [2.24, 2.45) is 0 Å². The molecule has 5 rings (SSSR count). The Kier molecular flexibility index (Phi) is 6.74. The van der Waals surface area contributed by atoms with Gasteiger partial charge in [-0.25, -0.2) is 24.6 Å². The van der Waals surface area contributed by atoms with Gasteiger partial charge in [0, 0.05) is 43.6 Å². The zero-order valence-corrected chi connectivity index (χ0v) is 21.2. The van der Waals surface area contributed by atoms with Gasteiger partial charge in [-0.2, -0.15) is 18.3 Å². The van der Waals surface area contributed by atoms with Crippen molar-refractivity contribution in [2.75, 3.05) is 37.7 Å².